The maximum Gasteiger partial charge on any atom is 0.271 e. The number of hydrogen-bond donors (Lipinski definition) is 1. The van der Waals surface area contributed by atoms with Crippen molar-refractivity contribution in [2.75, 3.05) is 7.11 Å². The van der Waals surface area contributed by atoms with Crippen molar-refractivity contribution in [3.8, 4) is 23.1 Å². The van der Waals surface area contributed by atoms with Crippen molar-refractivity contribution in [3.63, 3.8) is 0 Å². The summed E-state index contributed by atoms with van der Waals surface area (Å²) in [5.74, 6) is 1.50. The van der Waals surface area contributed by atoms with E-state index in [-0.39, 0.29) is 5.91 Å². The minimum atomic E-state index is -0.331. The predicted octanol–water partition coefficient (Wildman–Crippen LogP) is 3.59. The van der Waals surface area contributed by atoms with Gasteiger partial charge >= 0.3 is 0 Å². The Morgan fingerprint density at radius 3 is 2.50 bits per heavy atom. The van der Waals surface area contributed by atoms with E-state index in [2.05, 4.69) is 16.6 Å². The smallest absolute Gasteiger partial charge is 0.271 e. The van der Waals surface area contributed by atoms with E-state index < -0.39 is 0 Å². The number of hydrazone groups is 1. The van der Waals surface area contributed by atoms with Crippen LogP contribution in [0.5, 0.6) is 5.75 Å². The van der Waals surface area contributed by atoms with E-state index in [0.717, 1.165) is 5.56 Å². The molecule has 26 heavy (non-hydrogen) atoms. The molecule has 0 bridgehead atoms. The maximum atomic E-state index is 12.0. The van der Waals surface area contributed by atoms with Crippen molar-refractivity contribution in [1.82, 2.24) is 5.43 Å². The molecule has 0 radical (unpaired) electrons. The lowest BCUT2D eigenvalue weighted by atomic mass is 10.1. The van der Waals surface area contributed by atoms with Gasteiger partial charge in [-0.05, 0) is 60.7 Å². The average Bonchev–Trinajstić information content (AvgIpc) is 3.17. The zero-order valence-electron chi connectivity index (χ0n) is 14.0. The minimum absolute atomic E-state index is 0.331. The molecule has 3 rings (SSSR count). The van der Waals surface area contributed by atoms with Crippen LogP contribution in [0.25, 0.3) is 11.3 Å². The third-order valence-electron chi connectivity index (χ3n) is 3.64. The number of rotatable bonds is 5. The molecule has 0 aliphatic carbocycles. The largest absolute Gasteiger partial charge is 0.497 e. The van der Waals surface area contributed by atoms with Crippen molar-refractivity contribution < 1.29 is 13.9 Å². The van der Waals surface area contributed by atoms with Crippen molar-refractivity contribution in [3.05, 3.63) is 77.6 Å². The topological polar surface area (TPSA) is 87.6 Å². The number of nitrogens with zero attached hydrogens (tertiary/aromatic N) is 2. The maximum absolute atomic E-state index is 12.0. The van der Waals surface area contributed by atoms with Crippen LogP contribution in [0.15, 0.2) is 70.2 Å². The summed E-state index contributed by atoms with van der Waals surface area (Å²) >= 11 is 0. The van der Waals surface area contributed by atoms with Gasteiger partial charge in [0.15, 0.2) is 0 Å². The molecule has 0 fully saturated rings. The molecule has 0 saturated heterocycles. The third-order valence-corrected chi connectivity index (χ3v) is 3.64. The number of nitriles is 1. The summed E-state index contributed by atoms with van der Waals surface area (Å²) in [6, 6.07) is 19.4. The average molecular weight is 345 g/mol. The highest BCUT2D eigenvalue weighted by molar-refractivity contribution is 5.94. The summed E-state index contributed by atoms with van der Waals surface area (Å²) in [5.41, 5.74) is 4.35. The molecule has 1 N–H and O–H groups in total. The Bertz CT molecular complexity index is 965. The third kappa shape index (κ3) is 3.97. The molecule has 0 saturated carbocycles. The Hall–Kier alpha value is -3.85. The Labute approximate surface area is 150 Å². The van der Waals surface area contributed by atoms with Gasteiger partial charge in [0.05, 0.1) is 25.0 Å². The summed E-state index contributed by atoms with van der Waals surface area (Å²) in [5, 5.41) is 12.7. The van der Waals surface area contributed by atoms with Gasteiger partial charge in [0.1, 0.15) is 17.3 Å². The molecule has 2 aromatic carbocycles. The predicted molar refractivity (Wildman–Crippen MR) is 96.9 cm³/mol. The number of ether oxygens (including phenoxy) is 1. The van der Waals surface area contributed by atoms with Gasteiger partial charge < -0.3 is 9.15 Å². The summed E-state index contributed by atoms with van der Waals surface area (Å²) in [6.45, 7) is 0. The van der Waals surface area contributed by atoms with Crippen LogP contribution in [0, 0.1) is 11.3 Å². The molecule has 3 aromatic rings. The first-order valence-corrected chi connectivity index (χ1v) is 7.77. The quantitative estimate of drug-likeness (QED) is 0.565. The minimum Gasteiger partial charge on any atom is -0.497 e. The number of methoxy groups -OCH3 is 1. The lowest BCUT2D eigenvalue weighted by Gasteiger charge is -2.01. The summed E-state index contributed by atoms with van der Waals surface area (Å²) in [6.07, 6.45) is 1.43. The van der Waals surface area contributed by atoms with Crippen LogP contribution >= 0.6 is 0 Å². The van der Waals surface area contributed by atoms with Gasteiger partial charge in [-0.15, -0.1) is 0 Å². The Balaban J connectivity index is 1.62. The van der Waals surface area contributed by atoms with Gasteiger partial charge in [0, 0.05) is 11.1 Å². The van der Waals surface area contributed by atoms with E-state index in [9.17, 15) is 4.79 Å². The molecule has 6 heteroatoms. The van der Waals surface area contributed by atoms with Gasteiger partial charge in [-0.3, -0.25) is 4.79 Å². The highest BCUT2D eigenvalue weighted by Crippen LogP contribution is 2.21. The number of hydrogen-bond acceptors (Lipinski definition) is 5. The normalized spacial score (nSPS) is 10.5. The number of benzene rings is 2. The van der Waals surface area contributed by atoms with Gasteiger partial charge in [0.2, 0.25) is 0 Å². The zero-order chi connectivity index (χ0) is 18.4. The van der Waals surface area contributed by atoms with E-state index in [4.69, 9.17) is 14.4 Å². The first kappa shape index (κ1) is 17.0. The van der Waals surface area contributed by atoms with Gasteiger partial charge in [-0.2, -0.15) is 10.4 Å². The van der Waals surface area contributed by atoms with E-state index in [1.807, 2.05) is 12.1 Å². The first-order chi connectivity index (χ1) is 12.7. The fourth-order valence-electron chi connectivity index (χ4n) is 2.25. The fraction of sp³-hybridized carbons (Fsp3) is 0.0500. The van der Waals surface area contributed by atoms with Crippen LogP contribution in [-0.2, 0) is 0 Å². The van der Waals surface area contributed by atoms with Crippen molar-refractivity contribution in [2.24, 2.45) is 5.10 Å². The molecule has 1 amide bonds. The molecular weight excluding hydrogens is 330 g/mol. The molecule has 6 nitrogen and oxygen atoms in total. The van der Waals surface area contributed by atoms with Gasteiger partial charge in [-0.1, -0.05) is 0 Å². The van der Waals surface area contributed by atoms with E-state index in [0.29, 0.717) is 28.4 Å². The number of nitrogens with one attached hydrogen (secondary N) is 1. The van der Waals surface area contributed by atoms with Crippen LogP contribution in [0.3, 0.4) is 0 Å². The molecule has 0 unspecified atom stereocenters. The number of furan rings is 1. The monoisotopic (exact) mass is 345 g/mol. The van der Waals surface area contributed by atoms with Crippen LogP contribution in [-0.4, -0.2) is 19.2 Å². The van der Waals surface area contributed by atoms with Crippen LogP contribution < -0.4 is 10.2 Å². The second-order valence-electron chi connectivity index (χ2n) is 5.32. The number of carbonyl (C=O) groups is 1. The Morgan fingerprint density at radius 1 is 1.12 bits per heavy atom. The highest BCUT2D eigenvalue weighted by Gasteiger charge is 2.05. The Morgan fingerprint density at radius 2 is 1.85 bits per heavy atom. The highest BCUT2D eigenvalue weighted by atomic mass is 16.5. The van der Waals surface area contributed by atoms with E-state index >= 15 is 0 Å². The fourth-order valence-corrected chi connectivity index (χ4v) is 2.25. The first-order valence-electron chi connectivity index (χ1n) is 7.77. The van der Waals surface area contributed by atoms with E-state index in [1.165, 1.54) is 6.21 Å². The van der Waals surface area contributed by atoms with Crippen molar-refractivity contribution in [2.45, 2.75) is 0 Å². The van der Waals surface area contributed by atoms with Gasteiger partial charge in [0.25, 0.3) is 5.91 Å². The molecule has 0 spiro atoms. The second-order valence-corrected chi connectivity index (χ2v) is 5.32. The summed E-state index contributed by atoms with van der Waals surface area (Å²) < 4.78 is 10.7. The lowest BCUT2D eigenvalue weighted by Crippen LogP contribution is -2.17. The summed E-state index contributed by atoms with van der Waals surface area (Å²) in [7, 11) is 1.56. The van der Waals surface area contributed by atoms with E-state index in [1.54, 1.807) is 55.6 Å². The Kier molecular flexibility index (Phi) is 5.11. The zero-order valence-corrected chi connectivity index (χ0v) is 14.0. The SMILES string of the molecule is COc1ccc(C(=O)N/N=C\c2ccc(-c3ccc(C#N)cc3)o2)cc1. The molecule has 1 heterocycles. The number of amides is 1. The van der Waals surface area contributed by atoms with Crippen molar-refractivity contribution >= 4 is 12.1 Å². The molecular formula is C20H15N3O3. The molecule has 0 atom stereocenters. The lowest BCUT2D eigenvalue weighted by molar-refractivity contribution is 0.0955. The second kappa shape index (κ2) is 7.81. The molecule has 128 valence electrons. The molecule has 0 aliphatic rings. The number of carbonyl (C=O) groups excluding carboxylic acids is 1. The van der Waals surface area contributed by atoms with Crippen LogP contribution in [0.2, 0.25) is 0 Å². The van der Waals surface area contributed by atoms with Gasteiger partial charge in [-0.25, -0.2) is 5.43 Å². The molecule has 1 aromatic heterocycles. The molecule has 0 aliphatic heterocycles. The summed E-state index contributed by atoms with van der Waals surface area (Å²) in [4.78, 5) is 12.0. The van der Waals surface area contributed by atoms with Crippen molar-refractivity contribution in [1.29, 1.82) is 5.26 Å². The van der Waals surface area contributed by atoms with Crippen LogP contribution in [0.4, 0.5) is 0 Å². The van der Waals surface area contributed by atoms with Crippen LogP contribution in [0.1, 0.15) is 21.7 Å². The standard InChI is InChI=1S/C20H15N3O3/c1-25-17-8-6-16(7-9-17)20(24)23-22-13-18-10-11-19(26-18)15-4-2-14(12-21)3-5-15/h2-11,13H,1H3,(H,23,24)/b22-13-.